The molecule has 0 amide bonds. The van der Waals surface area contributed by atoms with Gasteiger partial charge >= 0.3 is 0 Å². The van der Waals surface area contributed by atoms with Gasteiger partial charge in [0.15, 0.2) is 5.79 Å². The molecule has 1 heterocycles. The van der Waals surface area contributed by atoms with E-state index in [9.17, 15) is 0 Å². The minimum atomic E-state index is -0.954. The maximum absolute atomic E-state index is 6.37. The summed E-state index contributed by atoms with van der Waals surface area (Å²) in [6.07, 6.45) is 0.513. The predicted octanol–water partition coefficient (Wildman–Crippen LogP) is 1.68. The number of anilines is 1. The molecule has 2 aromatic carbocycles. The second-order valence-electron chi connectivity index (χ2n) is 5.12. The van der Waals surface area contributed by atoms with E-state index in [0.29, 0.717) is 12.3 Å². The first-order chi connectivity index (χ1) is 10.1. The lowest BCUT2D eigenvalue weighted by Crippen LogP contribution is -2.51. The Bertz CT molecular complexity index is 698. The molecule has 0 aliphatic carbocycles. The molecule has 5 N–H and O–H groups in total. The number of nitrogens with two attached hydrogens (primary N) is 2. The molecule has 5 nitrogen and oxygen atoms in total. The number of nitrogens with zero attached hydrogens (tertiary/aromatic N) is 1. The highest BCUT2D eigenvalue weighted by atomic mass is 16.5. The smallest absolute Gasteiger partial charge is 0.188 e. The Balaban J connectivity index is 1.90. The quantitative estimate of drug-likeness (QED) is 0.799. The lowest BCUT2D eigenvalue weighted by molar-refractivity contribution is 0.413. The largest absolute Gasteiger partial charge is 0.497 e. The second kappa shape index (κ2) is 5.10. The zero-order chi connectivity index (χ0) is 14.9. The highest BCUT2D eigenvalue weighted by Crippen LogP contribution is 2.26. The van der Waals surface area contributed by atoms with Gasteiger partial charge in [0.1, 0.15) is 11.6 Å². The number of benzene rings is 2. The van der Waals surface area contributed by atoms with Crippen LogP contribution in [0.4, 0.5) is 5.69 Å². The normalized spacial score (nSPS) is 20.2. The van der Waals surface area contributed by atoms with E-state index < -0.39 is 5.79 Å². The van der Waals surface area contributed by atoms with E-state index in [0.717, 1.165) is 22.6 Å². The third-order valence-corrected chi connectivity index (χ3v) is 3.48. The van der Waals surface area contributed by atoms with E-state index in [1.807, 2.05) is 48.5 Å². The topological polar surface area (TPSA) is 85.7 Å². The molecule has 0 saturated carbocycles. The molecule has 0 bridgehead atoms. The van der Waals surface area contributed by atoms with Crippen LogP contribution in [0.1, 0.15) is 11.1 Å². The molecule has 0 spiro atoms. The van der Waals surface area contributed by atoms with Gasteiger partial charge in [-0.1, -0.05) is 24.3 Å². The molecule has 0 fully saturated rings. The highest BCUT2D eigenvalue weighted by molar-refractivity contribution is 6.04. The molecular formula is C16H18N4O. The fourth-order valence-corrected chi connectivity index (χ4v) is 2.53. The molecule has 1 unspecified atom stereocenters. The van der Waals surface area contributed by atoms with Crippen LogP contribution in [-0.2, 0) is 6.42 Å². The monoisotopic (exact) mass is 282 g/mol. The summed E-state index contributed by atoms with van der Waals surface area (Å²) in [7, 11) is 1.64. The molecule has 0 radical (unpaired) electrons. The number of ether oxygens (including phenoxy) is 1. The Morgan fingerprint density at radius 1 is 1.19 bits per heavy atom. The van der Waals surface area contributed by atoms with Gasteiger partial charge in [0.2, 0.25) is 0 Å². The number of amidine groups is 1. The standard InChI is InChI=1S/C16H18N4O/c1-21-12-6-4-5-11(9-12)10-16(18)19-14-8-3-2-7-13(14)15(17)20-16/h2-9,19H,10,18H2,1H3,(H2,17,20). The molecule has 21 heavy (non-hydrogen) atoms. The molecule has 0 saturated heterocycles. The number of nitrogens with one attached hydrogen (secondary N) is 1. The van der Waals surface area contributed by atoms with Gasteiger partial charge in [0.05, 0.1) is 7.11 Å². The van der Waals surface area contributed by atoms with Crippen LogP contribution in [0.3, 0.4) is 0 Å². The van der Waals surface area contributed by atoms with E-state index in [-0.39, 0.29) is 0 Å². The number of para-hydroxylation sites is 1. The van der Waals surface area contributed by atoms with Crippen molar-refractivity contribution in [3.05, 3.63) is 59.7 Å². The maximum atomic E-state index is 6.37. The van der Waals surface area contributed by atoms with Crippen molar-refractivity contribution in [2.45, 2.75) is 12.2 Å². The van der Waals surface area contributed by atoms with Gasteiger partial charge in [0, 0.05) is 17.7 Å². The van der Waals surface area contributed by atoms with Crippen molar-refractivity contribution in [1.29, 1.82) is 0 Å². The summed E-state index contributed by atoms with van der Waals surface area (Å²) in [4.78, 5) is 4.43. The Morgan fingerprint density at radius 3 is 2.81 bits per heavy atom. The van der Waals surface area contributed by atoms with E-state index in [4.69, 9.17) is 16.2 Å². The molecule has 2 aromatic rings. The predicted molar refractivity (Wildman–Crippen MR) is 84.4 cm³/mol. The molecule has 1 aliphatic heterocycles. The molecule has 1 atom stereocenters. The molecule has 1 aliphatic rings. The number of methoxy groups -OCH3 is 1. The van der Waals surface area contributed by atoms with Gasteiger partial charge in [-0.15, -0.1) is 0 Å². The summed E-state index contributed by atoms with van der Waals surface area (Å²) in [6.45, 7) is 0. The van der Waals surface area contributed by atoms with E-state index in [1.165, 1.54) is 0 Å². The van der Waals surface area contributed by atoms with Crippen molar-refractivity contribution in [2.75, 3.05) is 12.4 Å². The SMILES string of the molecule is COc1cccc(CC2(N)N=C(N)c3ccccc3N2)c1. The first kappa shape index (κ1) is 13.5. The third-order valence-electron chi connectivity index (χ3n) is 3.48. The van der Waals surface area contributed by atoms with Crippen LogP contribution >= 0.6 is 0 Å². The number of aliphatic imine (C=N–C) groups is 1. The van der Waals surface area contributed by atoms with Gasteiger partial charge < -0.3 is 15.8 Å². The minimum absolute atomic E-state index is 0.453. The van der Waals surface area contributed by atoms with Crippen molar-refractivity contribution in [3.8, 4) is 5.75 Å². The van der Waals surface area contributed by atoms with Crippen molar-refractivity contribution in [3.63, 3.8) is 0 Å². The van der Waals surface area contributed by atoms with Crippen LogP contribution in [0.2, 0.25) is 0 Å². The molecule has 3 rings (SSSR count). The number of hydrogen-bond donors (Lipinski definition) is 3. The van der Waals surface area contributed by atoms with Crippen molar-refractivity contribution >= 4 is 11.5 Å². The second-order valence-corrected chi connectivity index (χ2v) is 5.12. The lowest BCUT2D eigenvalue weighted by Gasteiger charge is -2.33. The van der Waals surface area contributed by atoms with Gasteiger partial charge in [0.25, 0.3) is 0 Å². The minimum Gasteiger partial charge on any atom is -0.497 e. The van der Waals surface area contributed by atoms with Crippen molar-refractivity contribution in [1.82, 2.24) is 0 Å². The Hall–Kier alpha value is -2.53. The Morgan fingerprint density at radius 2 is 2.00 bits per heavy atom. The first-order valence-corrected chi connectivity index (χ1v) is 6.74. The van der Waals surface area contributed by atoms with Gasteiger partial charge in [-0.3, -0.25) is 5.73 Å². The van der Waals surface area contributed by atoms with E-state index >= 15 is 0 Å². The zero-order valence-electron chi connectivity index (χ0n) is 11.8. The Kier molecular flexibility index (Phi) is 3.27. The van der Waals surface area contributed by atoms with Crippen LogP contribution < -0.4 is 21.5 Å². The number of fused-ring (bicyclic) bond motifs is 1. The average Bonchev–Trinajstić information content (AvgIpc) is 2.47. The average molecular weight is 282 g/mol. The maximum Gasteiger partial charge on any atom is 0.188 e. The highest BCUT2D eigenvalue weighted by Gasteiger charge is 2.30. The molecule has 108 valence electrons. The number of rotatable bonds is 3. The number of hydrogen-bond acceptors (Lipinski definition) is 5. The van der Waals surface area contributed by atoms with Crippen LogP contribution in [0.25, 0.3) is 0 Å². The summed E-state index contributed by atoms with van der Waals surface area (Å²) in [5, 5.41) is 3.26. The van der Waals surface area contributed by atoms with E-state index in [1.54, 1.807) is 7.11 Å². The lowest BCUT2D eigenvalue weighted by atomic mass is 10.0. The van der Waals surface area contributed by atoms with Gasteiger partial charge in [-0.2, -0.15) is 0 Å². The Labute approximate surface area is 123 Å². The summed E-state index contributed by atoms with van der Waals surface area (Å²) < 4.78 is 5.23. The van der Waals surface area contributed by atoms with Gasteiger partial charge in [-0.05, 0) is 29.8 Å². The van der Waals surface area contributed by atoms with Crippen LogP contribution in [0.5, 0.6) is 5.75 Å². The zero-order valence-corrected chi connectivity index (χ0v) is 11.8. The van der Waals surface area contributed by atoms with Crippen LogP contribution in [0, 0.1) is 0 Å². The summed E-state index contributed by atoms with van der Waals surface area (Å²) in [6, 6.07) is 15.5. The van der Waals surface area contributed by atoms with E-state index in [2.05, 4.69) is 10.3 Å². The first-order valence-electron chi connectivity index (χ1n) is 6.74. The summed E-state index contributed by atoms with van der Waals surface area (Å²) in [5.41, 5.74) is 15.2. The van der Waals surface area contributed by atoms with Crippen molar-refractivity contribution < 1.29 is 4.74 Å². The molecular weight excluding hydrogens is 264 g/mol. The fraction of sp³-hybridized carbons (Fsp3) is 0.188. The third kappa shape index (κ3) is 2.68. The van der Waals surface area contributed by atoms with Gasteiger partial charge in [-0.25, -0.2) is 4.99 Å². The van der Waals surface area contributed by atoms with Crippen LogP contribution in [0.15, 0.2) is 53.5 Å². The summed E-state index contributed by atoms with van der Waals surface area (Å²) in [5.74, 6) is 0.296. The molecule has 5 heteroatoms. The fourth-order valence-electron chi connectivity index (χ4n) is 2.53. The van der Waals surface area contributed by atoms with Crippen LogP contribution in [-0.4, -0.2) is 18.7 Å². The van der Waals surface area contributed by atoms with Crippen molar-refractivity contribution in [2.24, 2.45) is 16.5 Å². The molecule has 0 aromatic heterocycles. The summed E-state index contributed by atoms with van der Waals surface area (Å²) >= 11 is 0.